The Labute approximate surface area is 363 Å². The summed E-state index contributed by atoms with van der Waals surface area (Å²) < 4.78 is 2.63. The van der Waals surface area contributed by atoms with Crippen LogP contribution in [0.15, 0.2) is 109 Å². The number of thiophene rings is 1. The summed E-state index contributed by atoms with van der Waals surface area (Å²) >= 11 is 1.93. The molecular weight excluding hydrogens is 744 g/mol. The van der Waals surface area contributed by atoms with Gasteiger partial charge in [-0.05, 0) is 127 Å². The van der Waals surface area contributed by atoms with Crippen LogP contribution >= 0.6 is 11.3 Å². The highest BCUT2D eigenvalue weighted by atomic mass is 32.1. The fraction of sp³-hybridized carbons (Fsp3) is 0.357. The molecule has 3 aliphatic rings. The lowest BCUT2D eigenvalue weighted by molar-refractivity contribution is 0.214. The van der Waals surface area contributed by atoms with Crippen molar-refractivity contribution in [2.75, 3.05) is 10.2 Å². The summed E-state index contributed by atoms with van der Waals surface area (Å²) in [4.78, 5) is 2.66. The molecule has 1 aliphatic carbocycles. The molecule has 1 radical (unpaired) electrons. The minimum Gasteiger partial charge on any atom is -0.378 e. The second kappa shape index (κ2) is 13.4. The summed E-state index contributed by atoms with van der Waals surface area (Å²) in [6.45, 7) is 26.2. The van der Waals surface area contributed by atoms with Crippen molar-refractivity contribution < 1.29 is 0 Å². The molecule has 60 heavy (non-hydrogen) atoms. The van der Waals surface area contributed by atoms with Crippen molar-refractivity contribution in [1.82, 2.24) is 0 Å². The van der Waals surface area contributed by atoms with Crippen molar-refractivity contribution in [3.63, 3.8) is 0 Å². The Balaban J connectivity index is 1.34. The van der Waals surface area contributed by atoms with Crippen molar-refractivity contribution in [3.8, 4) is 22.3 Å². The maximum absolute atomic E-state index is 4.30. The molecule has 2 aliphatic heterocycles. The minimum atomic E-state index is -0.0169. The first-order valence-corrected chi connectivity index (χ1v) is 23.1. The molecule has 0 bridgehead atoms. The lowest BCUT2D eigenvalue weighted by atomic mass is 9.60. The van der Waals surface area contributed by atoms with Crippen LogP contribution in [0.1, 0.15) is 124 Å². The van der Waals surface area contributed by atoms with Gasteiger partial charge < -0.3 is 10.2 Å². The SMILES string of the molecule is CC(C)(C)c1ccc(N2c3cc4ccccc4c(-c4cc(C(C)(C)C)cc5c4NC4(C)CCCCC54C)c3[B]c3sc4ccc(C(C)(C)C)cc4c32)c(-c2ccccc2)c1. The first-order valence-electron chi connectivity index (χ1n) is 22.3. The molecule has 1 aromatic heterocycles. The van der Waals surface area contributed by atoms with Gasteiger partial charge in [0.05, 0.1) is 11.4 Å². The Morgan fingerprint density at radius 2 is 1.27 bits per heavy atom. The van der Waals surface area contributed by atoms with Gasteiger partial charge in [0.1, 0.15) is 0 Å². The van der Waals surface area contributed by atoms with Crippen molar-refractivity contribution >= 4 is 72.5 Å². The highest BCUT2D eigenvalue weighted by Crippen LogP contribution is 2.59. The molecule has 0 amide bonds. The van der Waals surface area contributed by atoms with Crippen molar-refractivity contribution in [1.29, 1.82) is 0 Å². The van der Waals surface area contributed by atoms with E-state index in [2.05, 4.69) is 203 Å². The second-order valence-electron chi connectivity index (χ2n) is 21.7. The van der Waals surface area contributed by atoms with Crippen LogP contribution in [0.2, 0.25) is 0 Å². The van der Waals surface area contributed by atoms with Crippen LogP contribution < -0.4 is 20.5 Å². The molecule has 6 aromatic carbocycles. The van der Waals surface area contributed by atoms with Gasteiger partial charge in [-0.2, -0.15) is 0 Å². The predicted octanol–water partition coefficient (Wildman–Crippen LogP) is 14.7. The molecule has 2 unspecified atom stereocenters. The van der Waals surface area contributed by atoms with Gasteiger partial charge in [-0.3, -0.25) is 0 Å². The summed E-state index contributed by atoms with van der Waals surface area (Å²) in [5.41, 5.74) is 17.2. The summed E-state index contributed by atoms with van der Waals surface area (Å²) in [6, 6.07) is 42.3. The molecular formula is C56H60BN2S. The van der Waals surface area contributed by atoms with E-state index in [1.165, 1.54) is 124 Å². The van der Waals surface area contributed by atoms with E-state index >= 15 is 0 Å². The molecule has 303 valence electrons. The lowest BCUT2D eigenvalue weighted by Gasteiger charge is -2.45. The van der Waals surface area contributed by atoms with Gasteiger partial charge in [-0.15, -0.1) is 11.3 Å². The van der Waals surface area contributed by atoms with Crippen LogP contribution in [0.25, 0.3) is 43.1 Å². The van der Waals surface area contributed by atoms with E-state index in [0.29, 0.717) is 0 Å². The predicted molar refractivity (Wildman–Crippen MR) is 264 cm³/mol. The minimum absolute atomic E-state index is 0.00201. The molecule has 0 spiro atoms. The van der Waals surface area contributed by atoms with Crippen LogP contribution in [0.4, 0.5) is 22.7 Å². The molecule has 2 nitrogen and oxygen atoms in total. The van der Waals surface area contributed by atoms with Gasteiger partial charge in [0.2, 0.25) is 7.28 Å². The van der Waals surface area contributed by atoms with E-state index in [0.717, 1.165) is 0 Å². The number of anilines is 4. The summed E-state index contributed by atoms with van der Waals surface area (Å²) in [5, 5.41) is 8.19. The van der Waals surface area contributed by atoms with E-state index in [9.17, 15) is 0 Å². The largest absolute Gasteiger partial charge is 0.378 e. The number of nitrogens with one attached hydrogen (secondary N) is 1. The molecule has 1 N–H and O–H groups in total. The van der Waals surface area contributed by atoms with Crippen molar-refractivity contribution in [3.05, 3.63) is 131 Å². The first kappa shape index (κ1) is 39.3. The Bertz CT molecular complexity index is 2860. The fourth-order valence-corrected chi connectivity index (χ4v) is 11.8. The lowest BCUT2D eigenvalue weighted by Crippen LogP contribution is -2.50. The average Bonchev–Trinajstić information content (AvgIpc) is 3.69. The Morgan fingerprint density at radius 3 is 2.00 bits per heavy atom. The topological polar surface area (TPSA) is 15.3 Å². The van der Waals surface area contributed by atoms with Gasteiger partial charge in [-0.25, -0.2) is 0 Å². The Kier molecular flexibility index (Phi) is 8.76. The van der Waals surface area contributed by atoms with E-state index in [-0.39, 0.29) is 27.2 Å². The first-order chi connectivity index (χ1) is 28.4. The maximum atomic E-state index is 4.30. The molecule has 1 fully saturated rings. The molecule has 7 aromatic rings. The van der Waals surface area contributed by atoms with Crippen LogP contribution in [0.3, 0.4) is 0 Å². The smallest absolute Gasteiger partial charge is 0.211 e. The quantitative estimate of drug-likeness (QED) is 0.179. The number of rotatable bonds is 3. The number of nitrogens with zero attached hydrogens (tertiary/aromatic N) is 1. The van der Waals surface area contributed by atoms with E-state index in [1.54, 1.807) is 0 Å². The van der Waals surface area contributed by atoms with Gasteiger partial charge >= 0.3 is 0 Å². The molecule has 4 heteroatoms. The van der Waals surface area contributed by atoms with E-state index in [4.69, 9.17) is 0 Å². The van der Waals surface area contributed by atoms with Crippen molar-refractivity contribution in [2.24, 2.45) is 0 Å². The van der Waals surface area contributed by atoms with Gasteiger partial charge in [0, 0.05) is 43.5 Å². The van der Waals surface area contributed by atoms with Gasteiger partial charge in [0.25, 0.3) is 0 Å². The average molecular weight is 804 g/mol. The number of hydrogen-bond acceptors (Lipinski definition) is 3. The van der Waals surface area contributed by atoms with Gasteiger partial charge in [-0.1, -0.05) is 155 Å². The Hall–Kier alpha value is -4.80. The molecule has 1 saturated carbocycles. The zero-order valence-electron chi connectivity index (χ0n) is 37.7. The molecule has 10 rings (SSSR count). The zero-order chi connectivity index (χ0) is 42.1. The fourth-order valence-electron chi connectivity index (χ4n) is 10.7. The zero-order valence-corrected chi connectivity index (χ0v) is 38.5. The Morgan fingerprint density at radius 1 is 0.617 bits per heavy atom. The number of fused-ring (bicyclic) bond motifs is 8. The van der Waals surface area contributed by atoms with Crippen LogP contribution in [-0.4, -0.2) is 12.8 Å². The second-order valence-corrected chi connectivity index (χ2v) is 22.8. The summed E-state index contributed by atoms with van der Waals surface area (Å²) in [5.74, 6) is 0. The van der Waals surface area contributed by atoms with Crippen LogP contribution in [-0.2, 0) is 21.7 Å². The summed E-state index contributed by atoms with van der Waals surface area (Å²) in [6.07, 6.45) is 4.94. The van der Waals surface area contributed by atoms with E-state index in [1.807, 2.05) is 11.3 Å². The third-order valence-electron chi connectivity index (χ3n) is 14.6. The summed E-state index contributed by atoms with van der Waals surface area (Å²) in [7, 11) is 2.55. The highest BCUT2D eigenvalue weighted by Gasteiger charge is 2.54. The number of benzene rings is 6. The highest BCUT2D eigenvalue weighted by molar-refractivity contribution is 7.29. The van der Waals surface area contributed by atoms with Crippen LogP contribution in [0.5, 0.6) is 0 Å². The molecule has 2 atom stereocenters. The number of hydrogen-bond donors (Lipinski definition) is 1. The van der Waals surface area contributed by atoms with E-state index < -0.39 is 0 Å². The third-order valence-corrected chi connectivity index (χ3v) is 15.7. The normalized spacial score (nSPS) is 20.0. The monoisotopic (exact) mass is 803 g/mol. The van der Waals surface area contributed by atoms with Crippen LogP contribution in [0, 0.1) is 0 Å². The third kappa shape index (κ3) is 6.02. The molecule has 0 saturated heterocycles. The maximum Gasteiger partial charge on any atom is 0.211 e. The van der Waals surface area contributed by atoms with Crippen molar-refractivity contribution in [2.45, 2.75) is 129 Å². The standard InChI is InChI=1S/C56H60BN2S/c1-52(2,3)36-23-25-44(40(30-36)34-19-13-12-14-20-34)59-45-29-35-21-15-16-22-39(35)47(48(45)57-51-50(59)41-31-37(53(4,5)6)24-26-46(41)60-51)42-32-38(54(7,8)9)33-43-49(42)58-56(11)28-18-17-27-55(43,56)10/h12-16,19-26,29-33,58H,17-18,27-28H2,1-11H3. The van der Waals surface area contributed by atoms with Gasteiger partial charge in [0.15, 0.2) is 0 Å². The molecule has 3 heterocycles.